The summed E-state index contributed by atoms with van der Waals surface area (Å²) in [4.78, 5) is 0. The van der Waals surface area contributed by atoms with Crippen LogP contribution in [0.5, 0.6) is 0 Å². The molecule has 2 rings (SSSR count). The maximum atomic E-state index is 10.5. The number of aliphatic hydroxyl groups excluding tert-OH is 1. The van der Waals surface area contributed by atoms with Gasteiger partial charge in [0.15, 0.2) is 0 Å². The Hall–Kier alpha value is -0.0800. The molecule has 1 heterocycles. The van der Waals surface area contributed by atoms with Gasteiger partial charge in [0, 0.05) is 6.61 Å². The highest BCUT2D eigenvalue weighted by molar-refractivity contribution is 4.95. The summed E-state index contributed by atoms with van der Waals surface area (Å²) in [6, 6.07) is 0. The zero-order chi connectivity index (χ0) is 13.4. The van der Waals surface area contributed by atoms with E-state index in [1.54, 1.807) is 0 Å². The van der Waals surface area contributed by atoms with Gasteiger partial charge in [0.05, 0.1) is 11.7 Å². The van der Waals surface area contributed by atoms with E-state index in [2.05, 4.69) is 27.7 Å². The second-order valence-electron chi connectivity index (χ2n) is 7.71. The lowest BCUT2D eigenvalue weighted by atomic mass is 9.69. The molecule has 2 nitrogen and oxygen atoms in total. The molecule has 0 aromatic carbocycles. The highest BCUT2D eigenvalue weighted by Gasteiger charge is 2.44. The molecule has 0 radical (unpaired) electrons. The highest BCUT2D eigenvalue weighted by atomic mass is 16.5. The average Bonchev–Trinajstić information content (AvgIpc) is 2.25. The predicted octanol–water partition coefficient (Wildman–Crippen LogP) is 3.77. The Morgan fingerprint density at radius 2 is 2.00 bits per heavy atom. The van der Waals surface area contributed by atoms with E-state index in [0.717, 1.165) is 25.9 Å². The molecule has 1 N–H and O–H groups in total. The normalized spacial score (nSPS) is 30.8. The van der Waals surface area contributed by atoms with E-state index in [0.29, 0.717) is 17.3 Å². The number of aliphatic hydroxyl groups is 1. The van der Waals surface area contributed by atoms with E-state index in [4.69, 9.17) is 4.74 Å². The molecule has 1 aliphatic carbocycles. The SMILES string of the molecule is CC(CC(O)C1CCOC2(CCC2)C1)C(C)(C)C. The maximum absolute atomic E-state index is 10.5. The Morgan fingerprint density at radius 3 is 2.50 bits per heavy atom. The summed E-state index contributed by atoms with van der Waals surface area (Å²) in [6.07, 6.45) is 6.66. The zero-order valence-electron chi connectivity index (χ0n) is 12.5. The molecule has 1 spiro atoms. The van der Waals surface area contributed by atoms with Crippen molar-refractivity contribution < 1.29 is 9.84 Å². The molecule has 0 aromatic rings. The lowest BCUT2D eigenvalue weighted by molar-refractivity contribution is -0.158. The summed E-state index contributed by atoms with van der Waals surface area (Å²) >= 11 is 0. The van der Waals surface area contributed by atoms with E-state index in [1.165, 1.54) is 19.3 Å². The van der Waals surface area contributed by atoms with Gasteiger partial charge in [-0.2, -0.15) is 0 Å². The molecule has 3 unspecified atom stereocenters. The third-order valence-corrected chi connectivity index (χ3v) is 5.41. The van der Waals surface area contributed by atoms with Gasteiger partial charge in [-0.3, -0.25) is 0 Å². The summed E-state index contributed by atoms with van der Waals surface area (Å²) in [5, 5.41) is 10.5. The van der Waals surface area contributed by atoms with Gasteiger partial charge in [0.25, 0.3) is 0 Å². The first-order valence-electron chi connectivity index (χ1n) is 7.64. The molecular formula is C16H30O2. The summed E-state index contributed by atoms with van der Waals surface area (Å²) in [7, 11) is 0. The molecule has 2 aliphatic rings. The first-order chi connectivity index (χ1) is 8.32. The van der Waals surface area contributed by atoms with E-state index >= 15 is 0 Å². The van der Waals surface area contributed by atoms with Crippen molar-refractivity contribution in [2.45, 2.75) is 77.9 Å². The molecule has 0 aromatic heterocycles. The Bertz CT molecular complexity index is 275. The standard InChI is InChI=1S/C16H30O2/c1-12(15(2,3)4)10-14(17)13-6-9-18-16(11-13)7-5-8-16/h12-14,17H,5-11H2,1-4H3. The van der Waals surface area contributed by atoms with Gasteiger partial charge in [-0.05, 0) is 55.8 Å². The second kappa shape index (κ2) is 5.13. The fourth-order valence-corrected chi connectivity index (χ4v) is 3.22. The Balaban J connectivity index is 1.87. The first kappa shape index (κ1) is 14.3. The minimum atomic E-state index is -0.138. The lowest BCUT2D eigenvalue weighted by Crippen LogP contribution is -2.48. The topological polar surface area (TPSA) is 29.5 Å². The lowest BCUT2D eigenvalue weighted by Gasteiger charge is -2.48. The monoisotopic (exact) mass is 254 g/mol. The molecule has 2 fully saturated rings. The van der Waals surface area contributed by atoms with Crippen LogP contribution in [-0.2, 0) is 4.74 Å². The molecule has 3 atom stereocenters. The van der Waals surface area contributed by atoms with Crippen LogP contribution in [0, 0.1) is 17.3 Å². The Kier molecular flexibility index (Phi) is 4.08. The van der Waals surface area contributed by atoms with Crippen molar-refractivity contribution in [2.24, 2.45) is 17.3 Å². The van der Waals surface area contributed by atoms with Crippen LogP contribution in [0.25, 0.3) is 0 Å². The summed E-state index contributed by atoms with van der Waals surface area (Å²) in [5.41, 5.74) is 0.454. The van der Waals surface area contributed by atoms with Crippen LogP contribution >= 0.6 is 0 Å². The van der Waals surface area contributed by atoms with Crippen LogP contribution in [0.1, 0.15) is 66.2 Å². The Labute approximate surface area is 112 Å². The minimum absolute atomic E-state index is 0.138. The van der Waals surface area contributed by atoms with Crippen LogP contribution in [0.3, 0.4) is 0 Å². The number of hydrogen-bond acceptors (Lipinski definition) is 2. The van der Waals surface area contributed by atoms with Gasteiger partial charge in [0.1, 0.15) is 0 Å². The summed E-state index contributed by atoms with van der Waals surface area (Å²) in [6.45, 7) is 9.92. The van der Waals surface area contributed by atoms with E-state index in [1.807, 2.05) is 0 Å². The second-order valence-corrected chi connectivity index (χ2v) is 7.71. The summed E-state index contributed by atoms with van der Waals surface area (Å²) < 4.78 is 5.94. The maximum Gasteiger partial charge on any atom is 0.0686 e. The van der Waals surface area contributed by atoms with Gasteiger partial charge in [0.2, 0.25) is 0 Å². The largest absolute Gasteiger partial charge is 0.393 e. The smallest absolute Gasteiger partial charge is 0.0686 e. The number of rotatable bonds is 3. The number of hydrogen-bond donors (Lipinski definition) is 1. The molecule has 1 saturated carbocycles. The van der Waals surface area contributed by atoms with Crippen molar-refractivity contribution in [3.63, 3.8) is 0 Å². The minimum Gasteiger partial charge on any atom is -0.393 e. The van der Waals surface area contributed by atoms with Gasteiger partial charge < -0.3 is 9.84 Å². The molecule has 0 bridgehead atoms. The first-order valence-corrected chi connectivity index (χ1v) is 7.64. The Morgan fingerprint density at radius 1 is 1.33 bits per heavy atom. The van der Waals surface area contributed by atoms with Gasteiger partial charge in [-0.15, -0.1) is 0 Å². The van der Waals surface area contributed by atoms with E-state index < -0.39 is 0 Å². The molecule has 18 heavy (non-hydrogen) atoms. The molecule has 1 saturated heterocycles. The molecule has 106 valence electrons. The fourth-order valence-electron chi connectivity index (χ4n) is 3.22. The quantitative estimate of drug-likeness (QED) is 0.830. The fraction of sp³-hybridized carbons (Fsp3) is 1.00. The summed E-state index contributed by atoms with van der Waals surface area (Å²) in [5.74, 6) is 1.02. The molecule has 0 amide bonds. The van der Waals surface area contributed by atoms with Crippen LogP contribution in [0.15, 0.2) is 0 Å². The molecule has 2 heteroatoms. The highest BCUT2D eigenvalue weighted by Crippen LogP contribution is 2.45. The third-order valence-electron chi connectivity index (χ3n) is 5.41. The molecule has 1 aliphatic heterocycles. The van der Waals surface area contributed by atoms with Crippen LogP contribution in [0.4, 0.5) is 0 Å². The van der Waals surface area contributed by atoms with Crippen molar-refractivity contribution in [1.82, 2.24) is 0 Å². The van der Waals surface area contributed by atoms with Crippen LogP contribution in [0.2, 0.25) is 0 Å². The third kappa shape index (κ3) is 3.08. The van der Waals surface area contributed by atoms with Crippen molar-refractivity contribution in [1.29, 1.82) is 0 Å². The van der Waals surface area contributed by atoms with E-state index in [9.17, 15) is 5.11 Å². The van der Waals surface area contributed by atoms with Crippen LogP contribution < -0.4 is 0 Å². The predicted molar refractivity (Wildman–Crippen MR) is 74.5 cm³/mol. The molecular weight excluding hydrogens is 224 g/mol. The van der Waals surface area contributed by atoms with Crippen molar-refractivity contribution in [3.8, 4) is 0 Å². The van der Waals surface area contributed by atoms with Gasteiger partial charge in [-0.1, -0.05) is 27.7 Å². The van der Waals surface area contributed by atoms with Crippen molar-refractivity contribution in [2.75, 3.05) is 6.61 Å². The van der Waals surface area contributed by atoms with Crippen molar-refractivity contribution in [3.05, 3.63) is 0 Å². The van der Waals surface area contributed by atoms with Gasteiger partial charge >= 0.3 is 0 Å². The zero-order valence-corrected chi connectivity index (χ0v) is 12.5. The van der Waals surface area contributed by atoms with Crippen molar-refractivity contribution >= 4 is 0 Å². The van der Waals surface area contributed by atoms with Crippen LogP contribution in [-0.4, -0.2) is 23.4 Å². The number of ether oxygens (including phenoxy) is 1. The van der Waals surface area contributed by atoms with E-state index in [-0.39, 0.29) is 11.7 Å². The average molecular weight is 254 g/mol. The van der Waals surface area contributed by atoms with Gasteiger partial charge in [-0.25, -0.2) is 0 Å².